The van der Waals surface area contributed by atoms with Crippen LogP contribution in [0.1, 0.15) is 20.8 Å². The van der Waals surface area contributed by atoms with Gasteiger partial charge in [0.2, 0.25) is 10.0 Å². The molecule has 0 aromatic carbocycles. The lowest BCUT2D eigenvalue weighted by atomic mass is 10.3. The summed E-state index contributed by atoms with van der Waals surface area (Å²) in [5.41, 5.74) is 0. The molecule has 0 unspecified atom stereocenters. The molecule has 0 spiro atoms. The van der Waals surface area contributed by atoms with Gasteiger partial charge in [0.05, 0.1) is 5.75 Å². The molecule has 6 heteroatoms. The molecule has 0 aromatic heterocycles. The van der Waals surface area contributed by atoms with Crippen LogP contribution in [0.25, 0.3) is 0 Å². The van der Waals surface area contributed by atoms with Crippen LogP contribution < -0.4 is 0 Å². The minimum atomic E-state index is -3.41. The molecule has 84 valence electrons. The van der Waals surface area contributed by atoms with E-state index in [0.29, 0.717) is 0 Å². The Kier molecular flexibility index (Phi) is 5.07. The molecular formula is C8H17NO4S. The predicted molar refractivity (Wildman–Crippen MR) is 53.5 cm³/mol. The smallest absolute Gasteiger partial charge is 0.318 e. The summed E-state index contributed by atoms with van der Waals surface area (Å²) in [7, 11) is -3.41. The second-order valence-electron chi connectivity index (χ2n) is 3.49. The number of carboxylic acids is 1. The van der Waals surface area contributed by atoms with Crippen molar-refractivity contribution < 1.29 is 18.3 Å². The van der Waals surface area contributed by atoms with E-state index in [1.54, 1.807) is 20.8 Å². The van der Waals surface area contributed by atoms with Crippen molar-refractivity contribution in [2.24, 2.45) is 5.92 Å². The number of carboxylic acid groups (broad SMARTS) is 1. The molecule has 0 amide bonds. The van der Waals surface area contributed by atoms with Crippen LogP contribution in [0.5, 0.6) is 0 Å². The maximum absolute atomic E-state index is 11.6. The molecule has 0 saturated carbocycles. The highest BCUT2D eigenvalue weighted by atomic mass is 32.2. The third-order valence-corrected chi connectivity index (χ3v) is 3.86. The average Bonchev–Trinajstić information content (AvgIpc) is 1.96. The van der Waals surface area contributed by atoms with Gasteiger partial charge in [-0.2, -0.15) is 4.31 Å². The molecule has 14 heavy (non-hydrogen) atoms. The molecule has 5 nitrogen and oxygen atoms in total. The minimum absolute atomic E-state index is 0.00263. The van der Waals surface area contributed by atoms with Crippen LogP contribution in [0.3, 0.4) is 0 Å². The third kappa shape index (κ3) is 4.57. The summed E-state index contributed by atoms with van der Waals surface area (Å²) in [4.78, 5) is 10.4. The van der Waals surface area contributed by atoms with Crippen molar-refractivity contribution in [3.63, 3.8) is 0 Å². The molecule has 0 heterocycles. The minimum Gasteiger partial charge on any atom is -0.480 e. The Bertz CT molecular complexity index is 284. The van der Waals surface area contributed by atoms with Gasteiger partial charge in [0.1, 0.15) is 6.54 Å². The highest BCUT2D eigenvalue weighted by Gasteiger charge is 2.23. The zero-order valence-electron chi connectivity index (χ0n) is 8.73. The normalized spacial score (nSPS) is 12.4. The Morgan fingerprint density at radius 3 is 2.21 bits per heavy atom. The van der Waals surface area contributed by atoms with E-state index in [1.807, 2.05) is 0 Å². The van der Waals surface area contributed by atoms with Crippen molar-refractivity contribution in [1.29, 1.82) is 0 Å². The van der Waals surface area contributed by atoms with Crippen LogP contribution in [-0.2, 0) is 14.8 Å². The Morgan fingerprint density at radius 2 is 1.93 bits per heavy atom. The third-order valence-electron chi connectivity index (χ3n) is 1.60. The van der Waals surface area contributed by atoms with Gasteiger partial charge in [-0.05, 0) is 5.92 Å². The van der Waals surface area contributed by atoms with E-state index in [-0.39, 0.29) is 18.2 Å². The molecular weight excluding hydrogens is 206 g/mol. The molecule has 0 rings (SSSR count). The summed E-state index contributed by atoms with van der Waals surface area (Å²) in [5.74, 6) is -1.13. The summed E-state index contributed by atoms with van der Waals surface area (Å²) in [6.45, 7) is 4.94. The molecule has 0 fully saturated rings. The maximum atomic E-state index is 11.6. The summed E-state index contributed by atoms with van der Waals surface area (Å²) in [6, 6.07) is 0. The lowest BCUT2D eigenvalue weighted by molar-refractivity contribution is -0.137. The van der Waals surface area contributed by atoms with E-state index < -0.39 is 22.5 Å². The van der Waals surface area contributed by atoms with Crippen LogP contribution in [0.4, 0.5) is 0 Å². The van der Waals surface area contributed by atoms with E-state index in [2.05, 4.69) is 0 Å². The average molecular weight is 223 g/mol. The number of hydrogen-bond acceptors (Lipinski definition) is 3. The van der Waals surface area contributed by atoms with Gasteiger partial charge in [0, 0.05) is 6.54 Å². The molecule has 0 aliphatic rings. The molecule has 0 aliphatic carbocycles. The van der Waals surface area contributed by atoms with Crippen molar-refractivity contribution in [3.05, 3.63) is 0 Å². The first-order valence-electron chi connectivity index (χ1n) is 4.49. The van der Waals surface area contributed by atoms with Crippen molar-refractivity contribution in [1.82, 2.24) is 4.31 Å². The molecule has 1 N–H and O–H groups in total. The SMILES string of the molecule is CCN(CC(=O)O)S(=O)(=O)CC(C)C. The van der Waals surface area contributed by atoms with E-state index in [0.717, 1.165) is 4.31 Å². The van der Waals surface area contributed by atoms with Gasteiger partial charge in [0.15, 0.2) is 0 Å². The van der Waals surface area contributed by atoms with Crippen molar-refractivity contribution in [2.45, 2.75) is 20.8 Å². The molecule has 0 aromatic rings. The zero-order chi connectivity index (χ0) is 11.4. The van der Waals surface area contributed by atoms with Crippen LogP contribution in [-0.4, -0.2) is 42.6 Å². The number of nitrogens with zero attached hydrogens (tertiary/aromatic N) is 1. The van der Waals surface area contributed by atoms with Gasteiger partial charge >= 0.3 is 5.97 Å². The van der Waals surface area contributed by atoms with E-state index in [9.17, 15) is 13.2 Å². The van der Waals surface area contributed by atoms with Crippen molar-refractivity contribution in [2.75, 3.05) is 18.8 Å². The van der Waals surface area contributed by atoms with Gasteiger partial charge in [-0.1, -0.05) is 20.8 Å². The van der Waals surface area contributed by atoms with Crippen LogP contribution in [0.15, 0.2) is 0 Å². The summed E-state index contributed by atoms with van der Waals surface area (Å²) in [5, 5.41) is 8.51. The first kappa shape index (κ1) is 13.4. The highest BCUT2D eigenvalue weighted by molar-refractivity contribution is 7.89. The zero-order valence-corrected chi connectivity index (χ0v) is 9.54. The quantitative estimate of drug-likeness (QED) is 0.706. The number of likely N-dealkylation sites (N-methyl/N-ethyl adjacent to an activating group) is 1. The molecule has 0 bridgehead atoms. The Morgan fingerprint density at radius 1 is 1.43 bits per heavy atom. The molecule has 0 saturated heterocycles. The van der Waals surface area contributed by atoms with Crippen LogP contribution in [0, 0.1) is 5.92 Å². The molecule has 0 radical (unpaired) electrons. The van der Waals surface area contributed by atoms with Gasteiger partial charge in [-0.15, -0.1) is 0 Å². The molecule has 0 aliphatic heterocycles. The predicted octanol–water partition coefficient (Wildman–Crippen LogP) is 0.379. The molecule has 0 atom stereocenters. The first-order valence-corrected chi connectivity index (χ1v) is 6.10. The second-order valence-corrected chi connectivity index (χ2v) is 5.51. The number of carbonyl (C=O) groups is 1. The number of sulfonamides is 1. The van der Waals surface area contributed by atoms with Crippen molar-refractivity contribution in [3.8, 4) is 0 Å². The second kappa shape index (κ2) is 5.31. The van der Waals surface area contributed by atoms with Crippen molar-refractivity contribution >= 4 is 16.0 Å². The number of hydrogen-bond donors (Lipinski definition) is 1. The summed E-state index contributed by atoms with van der Waals surface area (Å²) >= 11 is 0. The Labute approximate surface area is 84.8 Å². The fourth-order valence-electron chi connectivity index (χ4n) is 1.08. The standard InChI is InChI=1S/C8H17NO4S/c1-4-9(5-8(10)11)14(12,13)6-7(2)3/h7H,4-6H2,1-3H3,(H,10,11). The van der Waals surface area contributed by atoms with Gasteiger partial charge in [-0.3, -0.25) is 4.79 Å². The van der Waals surface area contributed by atoms with Gasteiger partial charge in [0.25, 0.3) is 0 Å². The number of rotatable bonds is 6. The highest BCUT2D eigenvalue weighted by Crippen LogP contribution is 2.06. The number of aliphatic carboxylic acids is 1. The Balaban J connectivity index is 4.58. The first-order chi connectivity index (χ1) is 6.29. The fraction of sp³-hybridized carbons (Fsp3) is 0.875. The Hall–Kier alpha value is -0.620. The van der Waals surface area contributed by atoms with E-state index in [4.69, 9.17) is 5.11 Å². The fourth-order valence-corrected chi connectivity index (χ4v) is 2.84. The lowest BCUT2D eigenvalue weighted by Gasteiger charge is -2.19. The summed E-state index contributed by atoms with van der Waals surface area (Å²) in [6.07, 6.45) is 0. The van der Waals surface area contributed by atoms with Gasteiger partial charge < -0.3 is 5.11 Å². The maximum Gasteiger partial charge on any atom is 0.318 e. The largest absolute Gasteiger partial charge is 0.480 e. The van der Waals surface area contributed by atoms with Crippen LogP contribution in [0.2, 0.25) is 0 Å². The van der Waals surface area contributed by atoms with E-state index in [1.165, 1.54) is 0 Å². The lowest BCUT2D eigenvalue weighted by Crippen LogP contribution is -2.38. The summed E-state index contributed by atoms with van der Waals surface area (Å²) < 4.78 is 24.1. The topological polar surface area (TPSA) is 74.7 Å². The van der Waals surface area contributed by atoms with E-state index >= 15 is 0 Å². The monoisotopic (exact) mass is 223 g/mol. The van der Waals surface area contributed by atoms with Crippen LogP contribution >= 0.6 is 0 Å². The van der Waals surface area contributed by atoms with Gasteiger partial charge in [-0.25, -0.2) is 8.42 Å².